The molecule has 2 atom stereocenters. The van der Waals surface area contributed by atoms with E-state index >= 15 is 0 Å². The molecule has 1 saturated heterocycles. The van der Waals surface area contributed by atoms with Crippen LogP contribution in [0.4, 0.5) is 0 Å². The Morgan fingerprint density at radius 1 is 1.22 bits per heavy atom. The van der Waals surface area contributed by atoms with Gasteiger partial charge in [0, 0.05) is 13.6 Å². The number of rotatable bonds is 6. The first-order chi connectivity index (χ1) is 13.2. The van der Waals surface area contributed by atoms with E-state index in [1.54, 1.807) is 6.33 Å². The van der Waals surface area contributed by atoms with Crippen LogP contribution in [0.25, 0.3) is 0 Å². The lowest BCUT2D eigenvalue weighted by atomic mass is 9.98. The van der Waals surface area contributed by atoms with Crippen LogP contribution in [-0.4, -0.2) is 50.6 Å². The molecule has 1 aliphatic heterocycles. The zero-order valence-electron chi connectivity index (χ0n) is 15.1. The van der Waals surface area contributed by atoms with Crippen LogP contribution in [0.15, 0.2) is 63.5 Å². The Morgan fingerprint density at radius 2 is 2.07 bits per heavy atom. The van der Waals surface area contributed by atoms with Crippen molar-refractivity contribution in [2.75, 3.05) is 19.8 Å². The van der Waals surface area contributed by atoms with Gasteiger partial charge in [0.05, 0.1) is 25.8 Å². The van der Waals surface area contributed by atoms with E-state index in [4.69, 9.17) is 9.15 Å². The van der Waals surface area contributed by atoms with Crippen LogP contribution >= 0.6 is 11.8 Å². The van der Waals surface area contributed by atoms with Crippen molar-refractivity contribution < 1.29 is 14.3 Å². The van der Waals surface area contributed by atoms with Gasteiger partial charge in [-0.05, 0) is 29.5 Å². The van der Waals surface area contributed by atoms with Gasteiger partial charge in [-0.15, -0.1) is 10.2 Å². The van der Waals surface area contributed by atoms with Crippen LogP contribution in [0.1, 0.15) is 17.4 Å². The highest BCUT2D eigenvalue weighted by Crippen LogP contribution is 2.32. The molecule has 1 fully saturated rings. The number of nitrogens with zero attached hydrogens (tertiary/aromatic N) is 4. The lowest BCUT2D eigenvalue weighted by Crippen LogP contribution is -2.46. The number of aliphatic hydroxyl groups is 1. The molecule has 2 unspecified atom stereocenters. The summed E-state index contributed by atoms with van der Waals surface area (Å²) in [7, 11) is 1.90. The molecule has 0 radical (unpaired) electrons. The predicted molar refractivity (Wildman–Crippen MR) is 100 cm³/mol. The van der Waals surface area contributed by atoms with E-state index < -0.39 is 0 Å². The molecule has 0 aliphatic carbocycles. The summed E-state index contributed by atoms with van der Waals surface area (Å²) in [6.45, 7) is 2.01. The van der Waals surface area contributed by atoms with Crippen molar-refractivity contribution >= 4 is 11.8 Å². The molecule has 27 heavy (non-hydrogen) atoms. The van der Waals surface area contributed by atoms with Gasteiger partial charge in [0.25, 0.3) is 0 Å². The highest BCUT2D eigenvalue weighted by Gasteiger charge is 2.33. The predicted octanol–water partition coefficient (Wildman–Crippen LogP) is 2.49. The zero-order chi connectivity index (χ0) is 18.6. The Kier molecular flexibility index (Phi) is 5.58. The molecule has 8 heteroatoms. The van der Waals surface area contributed by atoms with E-state index in [1.165, 1.54) is 11.8 Å². The molecule has 0 amide bonds. The molecule has 142 valence electrons. The molecular weight excluding hydrogens is 364 g/mol. The lowest BCUT2D eigenvalue weighted by molar-refractivity contribution is -0.0976. The van der Waals surface area contributed by atoms with Gasteiger partial charge in [-0.2, -0.15) is 0 Å². The van der Waals surface area contributed by atoms with E-state index in [0.29, 0.717) is 13.2 Å². The Balaban J connectivity index is 1.51. The maximum absolute atomic E-state index is 9.79. The van der Waals surface area contributed by atoms with Crippen molar-refractivity contribution in [3.63, 3.8) is 0 Å². The zero-order valence-corrected chi connectivity index (χ0v) is 15.9. The minimum atomic E-state index is -0.247. The summed E-state index contributed by atoms with van der Waals surface area (Å²) >= 11 is 1.45. The fourth-order valence-electron chi connectivity index (χ4n) is 3.35. The fraction of sp³-hybridized carbons (Fsp3) is 0.368. The van der Waals surface area contributed by atoms with E-state index in [0.717, 1.165) is 28.1 Å². The van der Waals surface area contributed by atoms with Crippen LogP contribution in [-0.2, 0) is 18.3 Å². The largest absolute Gasteiger partial charge is 0.453 e. The summed E-state index contributed by atoms with van der Waals surface area (Å²) in [5, 5.41) is 19.3. The molecular formula is C19H22N4O3S. The van der Waals surface area contributed by atoms with Gasteiger partial charge in [0.1, 0.15) is 18.2 Å². The average Bonchev–Trinajstić information content (AvgIpc) is 3.31. The van der Waals surface area contributed by atoms with E-state index in [2.05, 4.69) is 27.2 Å². The Hall–Kier alpha value is -2.13. The van der Waals surface area contributed by atoms with E-state index in [1.807, 2.05) is 41.9 Å². The van der Waals surface area contributed by atoms with E-state index in [-0.39, 0.29) is 18.8 Å². The number of hydrogen-bond donors (Lipinski definition) is 1. The summed E-state index contributed by atoms with van der Waals surface area (Å²) in [6, 6.07) is 14.1. The van der Waals surface area contributed by atoms with Crippen LogP contribution in [0.2, 0.25) is 0 Å². The molecule has 4 rings (SSSR count). The summed E-state index contributed by atoms with van der Waals surface area (Å²) in [6.07, 6.45) is 1.42. The topological polar surface area (TPSA) is 76.6 Å². The number of furan rings is 1. The maximum Gasteiger partial charge on any atom is 0.198 e. The number of benzene rings is 1. The van der Waals surface area contributed by atoms with Crippen molar-refractivity contribution in [3.8, 4) is 0 Å². The highest BCUT2D eigenvalue weighted by atomic mass is 32.2. The summed E-state index contributed by atoms with van der Waals surface area (Å²) in [5.74, 6) is 0.874. The maximum atomic E-state index is 9.79. The summed E-state index contributed by atoms with van der Waals surface area (Å²) in [4.78, 5) is 2.30. The van der Waals surface area contributed by atoms with Crippen LogP contribution in [0, 0.1) is 0 Å². The van der Waals surface area contributed by atoms with Gasteiger partial charge in [0.2, 0.25) is 0 Å². The molecule has 1 N–H and O–H groups in total. The second-order valence-corrected chi connectivity index (χ2v) is 7.44. The van der Waals surface area contributed by atoms with Gasteiger partial charge < -0.3 is 18.8 Å². The first-order valence-corrected chi connectivity index (χ1v) is 9.68. The molecule has 0 spiro atoms. The molecule has 2 aromatic heterocycles. The smallest absolute Gasteiger partial charge is 0.198 e. The molecule has 1 aliphatic rings. The van der Waals surface area contributed by atoms with Gasteiger partial charge in [-0.1, -0.05) is 30.3 Å². The Labute approximate surface area is 162 Å². The summed E-state index contributed by atoms with van der Waals surface area (Å²) < 4.78 is 13.7. The minimum absolute atomic E-state index is 0.00936. The van der Waals surface area contributed by atoms with Crippen molar-refractivity contribution in [2.45, 2.75) is 28.9 Å². The molecule has 3 aromatic rings. The number of aryl methyl sites for hydroxylation is 1. The van der Waals surface area contributed by atoms with Gasteiger partial charge >= 0.3 is 0 Å². The van der Waals surface area contributed by atoms with Crippen LogP contribution in [0.3, 0.4) is 0 Å². The van der Waals surface area contributed by atoms with Crippen molar-refractivity contribution in [1.29, 1.82) is 0 Å². The SMILES string of the molecule is Cn1cnnc1Sc1ccc(CN2CCOC(CO)C2c2ccccc2)o1. The van der Waals surface area contributed by atoms with Gasteiger partial charge in [-0.25, -0.2) is 0 Å². The number of hydrogen-bond acceptors (Lipinski definition) is 7. The molecule has 3 heterocycles. The third kappa shape index (κ3) is 4.08. The third-order valence-corrected chi connectivity index (χ3v) is 5.61. The van der Waals surface area contributed by atoms with Crippen molar-refractivity contribution in [1.82, 2.24) is 19.7 Å². The van der Waals surface area contributed by atoms with Crippen molar-refractivity contribution in [3.05, 3.63) is 60.1 Å². The van der Waals surface area contributed by atoms with Gasteiger partial charge in [0.15, 0.2) is 10.2 Å². The standard InChI is InChI=1S/C19H22N4O3S/c1-22-13-20-21-19(22)27-17-8-7-15(26-17)11-23-9-10-25-16(12-24)18(23)14-5-3-2-4-6-14/h2-8,13,16,18,24H,9-12H2,1H3. The Morgan fingerprint density at radius 3 is 2.81 bits per heavy atom. The van der Waals surface area contributed by atoms with Gasteiger partial charge in [-0.3, -0.25) is 4.90 Å². The quantitative estimate of drug-likeness (QED) is 0.697. The number of ether oxygens (including phenoxy) is 1. The first-order valence-electron chi connectivity index (χ1n) is 8.86. The average molecular weight is 386 g/mol. The number of aliphatic hydroxyl groups excluding tert-OH is 1. The fourth-order valence-corrected chi connectivity index (χ4v) is 4.09. The monoisotopic (exact) mass is 386 g/mol. The highest BCUT2D eigenvalue weighted by molar-refractivity contribution is 7.99. The van der Waals surface area contributed by atoms with E-state index in [9.17, 15) is 5.11 Å². The lowest BCUT2D eigenvalue weighted by Gasteiger charge is -2.40. The molecule has 0 bridgehead atoms. The second kappa shape index (κ2) is 8.26. The number of morpholine rings is 1. The molecule has 1 aromatic carbocycles. The molecule has 7 nitrogen and oxygen atoms in total. The first kappa shape index (κ1) is 18.2. The number of aromatic nitrogens is 3. The van der Waals surface area contributed by atoms with Crippen molar-refractivity contribution in [2.24, 2.45) is 7.05 Å². The summed E-state index contributed by atoms with van der Waals surface area (Å²) in [5.41, 5.74) is 1.14. The normalized spacial score (nSPS) is 20.8. The third-order valence-electron chi connectivity index (χ3n) is 4.63. The minimum Gasteiger partial charge on any atom is -0.453 e. The van der Waals surface area contributed by atoms with Crippen LogP contribution in [0.5, 0.6) is 0 Å². The second-order valence-electron chi connectivity index (χ2n) is 6.47. The van der Waals surface area contributed by atoms with Crippen LogP contribution < -0.4 is 0 Å². The Bertz CT molecular complexity index is 867. The molecule has 0 saturated carbocycles.